The first-order valence-electron chi connectivity index (χ1n) is 11.7. The molecule has 3 heterocycles. The van der Waals surface area contributed by atoms with Gasteiger partial charge in [-0.1, -0.05) is 0 Å². The number of nitrogens with two attached hydrogens (primary N) is 1. The third-order valence-electron chi connectivity index (χ3n) is 7.16. The number of hydrogen-bond acceptors (Lipinski definition) is 17. The lowest BCUT2D eigenvalue weighted by molar-refractivity contribution is -0.359. The summed E-state index contributed by atoms with van der Waals surface area (Å²) in [7, 11) is 0. The summed E-state index contributed by atoms with van der Waals surface area (Å²) in [6, 6.07) is -2.02. The van der Waals surface area contributed by atoms with Crippen LogP contribution in [0.25, 0.3) is 0 Å². The third-order valence-corrected chi connectivity index (χ3v) is 7.16. The zero-order chi connectivity index (χ0) is 28.7. The first-order valence-corrected chi connectivity index (χ1v) is 11.7. The molecule has 0 spiro atoms. The summed E-state index contributed by atoms with van der Waals surface area (Å²) in [6.07, 6.45) is -26.5. The topological polar surface area (TPSA) is 323 Å². The molecule has 3 aliphatic heterocycles. The molecule has 0 aromatic carbocycles. The van der Waals surface area contributed by atoms with Crippen LogP contribution in [-0.2, 0) is 23.7 Å². The van der Waals surface area contributed by atoms with Crippen LogP contribution >= 0.6 is 0 Å². The molecule has 14 N–H and O–H groups in total. The van der Waals surface area contributed by atoms with E-state index in [2.05, 4.69) is 0 Å². The number of ether oxygens (including phenoxy) is 4. The van der Waals surface area contributed by atoms with E-state index in [0.29, 0.717) is 0 Å². The van der Waals surface area contributed by atoms with E-state index in [1.165, 1.54) is 0 Å². The van der Waals surface area contributed by atoms with Crippen molar-refractivity contribution in [3.05, 3.63) is 0 Å². The minimum Gasteiger partial charge on any atom is -0.480 e. The van der Waals surface area contributed by atoms with Crippen LogP contribution in [-0.4, -0.2) is 184 Å². The molecule has 38 heavy (non-hydrogen) atoms. The molecule has 3 fully saturated rings. The van der Waals surface area contributed by atoms with Crippen LogP contribution in [0, 0.1) is 0 Å². The Morgan fingerprint density at radius 2 is 1.37 bits per heavy atom. The van der Waals surface area contributed by atoms with Crippen molar-refractivity contribution in [2.24, 2.45) is 5.73 Å². The van der Waals surface area contributed by atoms with Gasteiger partial charge in [0.05, 0.1) is 19.8 Å². The van der Waals surface area contributed by atoms with E-state index >= 15 is 0 Å². The van der Waals surface area contributed by atoms with Gasteiger partial charge in [0.15, 0.2) is 6.29 Å². The fourth-order valence-corrected chi connectivity index (χ4v) is 4.79. The smallest absolute Gasteiger partial charge is 0.323 e. The Hall–Kier alpha value is -1.17. The van der Waals surface area contributed by atoms with Gasteiger partial charge in [-0.05, 0) is 0 Å². The highest BCUT2D eigenvalue weighted by Gasteiger charge is 2.61. The lowest BCUT2D eigenvalue weighted by atomic mass is 9.79. The van der Waals surface area contributed by atoms with Crippen LogP contribution < -0.4 is 5.73 Å². The molecule has 0 aromatic heterocycles. The molecule has 0 saturated carbocycles. The highest BCUT2D eigenvalue weighted by Crippen LogP contribution is 2.37. The number of carboxylic acids is 1. The van der Waals surface area contributed by atoms with Crippen molar-refractivity contribution >= 4 is 5.97 Å². The third kappa shape index (κ3) is 5.54. The van der Waals surface area contributed by atoms with E-state index in [4.69, 9.17) is 24.7 Å². The van der Waals surface area contributed by atoms with Crippen molar-refractivity contribution in [2.75, 3.05) is 19.8 Å². The highest BCUT2D eigenvalue weighted by atomic mass is 16.7. The average Bonchev–Trinajstić information content (AvgIpc) is 2.89. The van der Waals surface area contributed by atoms with Crippen molar-refractivity contribution in [1.82, 2.24) is 0 Å². The Kier molecular flexibility index (Phi) is 10.0. The van der Waals surface area contributed by atoms with E-state index in [-0.39, 0.29) is 0 Å². The largest absolute Gasteiger partial charge is 0.480 e. The second kappa shape index (κ2) is 12.1. The lowest BCUT2D eigenvalue weighted by Gasteiger charge is -2.52. The fourth-order valence-electron chi connectivity index (χ4n) is 4.79. The zero-order valence-corrected chi connectivity index (χ0v) is 19.8. The minimum atomic E-state index is -2.67. The molecule has 0 aliphatic carbocycles. The molecule has 0 aromatic rings. The van der Waals surface area contributed by atoms with Gasteiger partial charge in [-0.3, -0.25) is 4.79 Å². The van der Waals surface area contributed by atoms with Crippen LogP contribution in [0.2, 0.25) is 0 Å². The second-order valence-corrected chi connectivity index (χ2v) is 9.61. The molecule has 3 saturated heterocycles. The van der Waals surface area contributed by atoms with Gasteiger partial charge in [-0.15, -0.1) is 0 Å². The van der Waals surface area contributed by atoms with Gasteiger partial charge < -0.3 is 86.0 Å². The predicted molar refractivity (Wildman–Crippen MR) is 115 cm³/mol. The second-order valence-electron chi connectivity index (χ2n) is 9.61. The number of carbonyl (C=O) groups is 1. The van der Waals surface area contributed by atoms with E-state index < -0.39 is 123 Å². The van der Waals surface area contributed by atoms with Gasteiger partial charge in [0, 0.05) is 0 Å². The minimum absolute atomic E-state index is 0.851. The summed E-state index contributed by atoms with van der Waals surface area (Å²) in [4.78, 5) is 11.6. The standard InChI is InChI=1S/C20H35NO17/c21-6(18(32)33)14(15-11(28)9(26)7(24)4(1-22)36-15)38-19-13(30)16(31)20(34,3-35-19)17-12(29)10(27)8(25)5(2-23)37-17/h4-17,19,22-31,34H,1-3,21H2,(H,32,33)/t4-,5-,6+,7+,8+,9+,10+,11-,12-,13-,14?,15-,16-,17-,19+,20-/m1/s1. The van der Waals surface area contributed by atoms with Gasteiger partial charge in [0.1, 0.15) is 91.0 Å². The number of carboxylic acid groups (broad SMARTS) is 1. The number of rotatable bonds is 8. The van der Waals surface area contributed by atoms with Crippen molar-refractivity contribution in [3.8, 4) is 0 Å². The lowest BCUT2D eigenvalue weighted by Crippen LogP contribution is -2.74. The summed E-state index contributed by atoms with van der Waals surface area (Å²) < 4.78 is 21.3. The molecule has 0 radical (unpaired) electrons. The van der Waals surface area contributed by atoms with E-state index in [9.17, 15) is 66.1 Å². The van der Waals surface area contributed by atoms with Crippen LogP contribution in [0.1, 0.15) is 0 Å². The summed E-state index contributed by atoms with van der Waals surface area (Å²) in [5, 5.41) is 121. The van der Waals surface area contributed by atoms with Crippen LogP contribution in [0.3, 0.4) is 0 Å². The van der Waals surface area contributed by atoms with Crippen molar-refractivity contribution in [1.29, 1.82) is 0 Å². The Morgan fingerprint density at radius 1 is 0.842 bits per heavy atom. The average molecular weight is 561 g/mol. The van der Waals surface area contributed by atoms with Crippen molar-refractivity contribution < 1.29 is 85.0 Å². The SMILES string of the molecule is N[C@H](C(=O)O)C(O[C@@H]1OC[C@](O)([C@@H]2O[C@H](CO)[C@H](O)[C@H](O)[C@H]2O)[C@H](O)[C@H]1O)[C@@H]1O[C@H](CO)[C@H](O)[C@H](O)[C@H]1O. The molecule has 0 amide bonds. The number of aliphatic hydroxyl groups excluding tert-OH is 10. The maximum absolute atomic E-state index is 11.6. The molecule has 1 unspecified atom stereocenters. The first-order chi connectivity index (χ1) is 17.7. The maximum Gasteiger partial charge on any atom is 0.323 e. The van der Waals surface area contributed by atoms with E-state index in [1.54, 1.807) is 0 Å². The summed E-state index contributed by atoms with van der Waals surface area (Å²) in [6.45, 7) is -2.69. The van der Waals surface area contributed by atoms with Crippen LogP contribution in [0.15, 0.2) is 0 Å². The number of aliphatic carboxylic acids is 1. The van der Waals surface area contributed by atoms with Gasteiger partial charge in [-0.2, -0.15) is 0 Å². The van der Waals surface area contributed by atoms with E-state index in [0.717, 1.165) is 0 Å². The maximum atomic E-state index is 11.6. The Balaban J connectivity index is 1.83. The van der Waals surface area contributed by atoms with Gasteiger partial charge in [0.2, 0.25) is 0 Å². The van der Waals surface area contributed by atoms with Crippen molar-refractivity contribution in [2.45, 2.75) is 97.3 Å². The molecule has 3 aliphatic rings. The predicted octanol–water partition coefficient (Wildman–Crippen LogP) is -8.72. The van der Waals surface area contributed by atoms with E-state index in [1.807, 2.05) is 0 Å². The summed E-state index contributed by atoms with van der Waals surface area (Å²) in [5.41, 5.74) is 3.00. The molecule has 0 bridgehead atoms. The van der Waals surface area contributed by atoms with Crippen LogP contribution in [0.4, 0.5) is 0 Å². The number of aliphatic hydroxyl groups is 11. The summed E-state index contributed by atoms with van der Waals surface area (Å²) >= 11 is 0. The molecule has 18 heteroatoms. The monoisotopic (exact) mass is 561 g/mol. The molecule has 222 valence electrons. The molecular formula is C20H35NO17. The number of hydrogen-bond donors (Lipinski definition) is 13. The zero-order valence-electron chi connectivity index (χ0n) is 19.8. The summed E-state index contributed by atoms with van der Waals surface area (Å²) in [5.74, 6) is -1.70. The molecule has 16 atom stereocenters. The first kappa shape index (κ1) is 31.4. The van der Waals surface area contributed by atoms with Gasteiger partial charge in [-0.25, -0.2) is 0 Å². The van der Waals surface area contributed by atoms with Crippen molar-refractivity contribution in [3.63, 3.8) is 0 Å². The van der Waals surface area contributed by atoms with Gasteiger partial charge in [0.25, 0.3) is 0 Å². The van der Waals surface area contributed by atoms with Gasteiger partial charge >= 0.3 is 5.97 Å². The molecule has 18 nitrogen and oxygen atoms in total. The quantitative estimate of drug-likeness (QED) is 0.131. The Labute approximate surface area is 214 Å². The Bertz CT molecular complexity index is 803. The molecular weight excluding hydrogens is 526 g/mol. The molecule has 3 rings (SSSR count). The normalized spacial score (nSPS) is 49.8. The Morgan fingerprint density at radius 3 is 1.89 bits per heavy atom. The van der Waals surface area contributed by atoms with Crippen LogP contribution in [0.5, 0.6) is 0 Å². The fraction of sp³-hybridized carbons (Fsp3) is 0.950. The highest BCUT2D eigenvalue weighted by molar-refractivity contribution is 5.74.